The van der Waals surface area contributed by atoms with Crippen molar-refractivity contribution in [1.82, 2.24) is 9.88 Å². The number of amides is 1. The van der Waals surface area contributed by atoms with Crippen LogP contribution < -0.4 is 10.1 Å². The molecule has 0 bridgehead atoms. The molecule has 2 heterocycles. The van der Waals surface area contributed by atoms with Gasteiger partial charge in [0.2, 0.25) is 5.82 Å². The van der Waals surface area contributed by atoms with Gasteiger partial charge in [-0.2, -0.15) is 4.39 Å². The number of halogens is 1. The number of fused-ring (bicyclic) bond motifs is 1. The van der Waals surface area contributed by atoms with E-state index in [1.165, 1.54) is 6.07 Å². The van der Waals surface area contributed by atoms with Gasteiger partial charge in [0.05, 0.1) is 23.3 Å². The Morgan fingerprint density at radius 3 is 2.70 bits per heavy atom. The second kappa shape index (κ2) is 7.78. The minimum atomic E-state index is -0.929. The van der Waals surface area contributed by atoms with Crippen LogP contribution in [0.2, 0.25) is 0 Å². The lowest BCUT2D eigenvalue weighted by Crippen LogP contribution is -2.32. The second-order valence-corrected chi connectivity index (χ2v) is 6.69. The van der Waals surface area contributed by atoms with Crippen molar-refractivity contribution in [3.8, 4) is 5.75 Å². The van der Waals surface area contributed by atoms with Crippen molar-refractivity contribution in [2.45, 2.75) is 12.7 Å². The fourth-order valence-corrected chi connectivity index (χ4v) is 3.37. The molecule has 8 nitrogen and oxygen atoms in total. The van der Waals surface area contributed by atoms with Crippen LogP contribution in [-0.2, 0) is 6.54 Å². The number of hydrogen-bond donors (Lipinski definition) is 1. The first-order chi connectivity index (χ1) is 14.5. The van der Waals surface area contributed by atoms with Crippen molar-refractivity contribution in [2.24, 2.45) is 0 Å². The predicted octanol–water partition coefficient (Wildman–Crippen LogP) is 3.90. The highest BCUT2D eigenvalue weighted by Crippen LogP contribution is 2.35. The average Bonchev–Trinajstić information content (AvgIpc) is 3.01. The van der Waals surface area contributed by atoms with Gasteiger partial charge in [-0.05, 0) is 42.0 Å². The SMILES string of the molecule is COc1ccc(CN2C(=O)c3cccnc3C2Nc2ccc(F)c([N+](=O)[O-])c2)cc1. The summed E-state index contributed by atoms with van der Waals surface area (Å²) in [4.78, 5) is 29.2. The number of aromatic nitrogens is 1. The lowest BCUT2D eigenvalue weighted by atomic mass is 10.2. The molecule has 0 spiro atoms. The summed E-state index contributed by atoms with van der Waals surface area (Å²) < 4.78 is 18.9. The Balaban J connectivity index is 1.67. The number of benzene rings is 2. The van der Waals surface area contributed by atoms with E-state index in [0.717, 1.165) is 17.7 Å². The van der Waals surface area contributed by atoms with Crippen LogP contribution in [0.5, 0.6) is 5.75 Å². The zero-order valence-corrected chi connectivity index (χ0v) is 15.9. The van der Waals surface area contributed by atoms with Gasteiger partial charge in [0, 0.05) is 24.5 Å². The van der Waals surface area contributed by atoms with E-state index in [2.05, 4.69) is 10.3 Å². The number of hydrogen-bond acceptors (Lipinski definition) is 6. The van der Waals surface area contributed by atoms with Crippen LogP contribution in [0.4, 0.5) is 15.8 Å². The van der Waals surface area contributed by atoms with E-state index in [1.807, 2.05) is 12.1 Å². The van der Waals surface area contributed by atoms with Crippen molar-refractivity contribution in [3.63, 3.8) is 0 Å². The Morgan fingerprint density at radius 2 is 2.00 bits per heavy atom. The Labute approximate surface area is 171 Å². The number of anilines is 1. The van der Waals surface area contributed by atoms with E-state index in [1.54, 1.807) is 42.5 Å². The van der Waals surface area contributed by atoms with Crippen LogP contribution >= 0.6 is 0 Å². The van der Waals surface area contributed by atoms with Crippen LogP contribution in [0.1, 0.15) is 27.8 Å². The molecular weight excluding hydrogens is 391 g/mol. The first-order valence-corrected chi connectivity index (χ1v) is 9.07. The van der Waals surface area contributed by atoms with Gasteiger partial charge in [-0.15, -0.1) is 0 Å². The smallest absolute Gasteiger partial charge is 0.306 e. The van der Waals surface area contributed by atoms with E-state index in [0.29, 0.717) is 22.7 Å². The Hall–Kier alpha value is -4.01. The highest BCUT2D eigenvalue weighted by molar-refractivity contribution is 5.98. The molecule has 4 rings (SSSR count). The summed E-state index contributed by atoms with van der Waals surface area (Å²) in [5.74, 6) is -0.450. The number of carbonyl (C=O) groups is 1. The van der Waals surface area contributed by atoms with Crippen LogP contribution in [0.3, 0.4) is 0 Å². The van der Waals surface area contributed by atoms with Crippen LogP contribution in [-0.4, -0.2) is 27.8 Å². The summed E-state index contributed by atoms with van der Waals surface area (Å²) in [7, 11) is 1.57. The fourth-order valence-electron chi connectivity index (χ4n) is 3.37. The van der Waals surface area contributed by atoms with E-state index >= 15 is 0 Å². The van der Waals surface area contributed by atoms with Crippen molar-refractivity contribution in [1.29, 1.82) is 0 Å². The molecule has 1 unspecified atom stereocenters. The van der Waals surface area contributed by atoms with Crippen molar-refractivity contribution in [2.75, 3.05) is 12.4 Å². The van der Waals surface area contributed by atoms with E-state index in [4.69, 9.17) is 4.74 Å². The molecule has 2 aromatic carbocycles. The Morgan fingerprint density at radius 1 is 1.23 bits per heavy atom. The molecule has 0 saturated carbocycles. The van der Waals surface area contributed by atoms with Gasteiger partial charge in [0.15, 0.2) is 0 Å². The summed E-state index contributed by atoms with van der Waals surface area (Å²) in [6.07, 6.45) is 0.908. The molecule has 1 aliphatic heterocycles. The van der Waals surface area contributed by atoms with E-state index in [-0.39, 0.29) is 12.5 Å². The standard InChI is InChI=1S/C21H17FN4O4/c1-30-15-7-4-13(5-8-15)12-25-20(19-16(21(25)27)3-2-10-23-19)24-14-6-9-17(22)18(11-14)26(28)29/h2-11,20,24H,12H2,1H3. The van der Waals surface area contributed by atoms with Gasteiger partial charge >= 0.3 is 5.69 Å². The maximum absolute atomic E-state index is 13.7. The molecule has 1 amide bonds. The highest BCUT2D eigenvalue weighted by Gasteiger charge is 2.38. The maximum Gasteiger partial charge on any atom is 0.306 e. The number of nitro groups is 1. The summed E-state index contributed by atoms with van der Waals surface area (Å²) in [6, 6.07) is 14.2. The van der Waals surface area contributed by atoms with E-state index in [9.17, 15) is 19.3 Å². The first-order valence-electron chi connectivity index (χ1n) is 9.07. The Bertz CT molecular complexity index is 1120. The number of nitro benzene ring substituents is 1. The molecule has 9 heteroatoms. The summed E-state index contributed by atoms with van der Waals surface area (Å²) >= 11 is 0. The number of ether oxygens (including phenoxy) is 1. The lowest BCUT2D eigenvalue weighted by molar-refractivity contribution is -0.387. The van der Waals surface area contributed by atoms with Crippen LogP contribution in [0.15, 0.2) is 60.8 Å². The molecule has 0 saturated heterocycles. The zero-order chi connectivity index (χ0) is 21.3. The summed E-state index contributed by atoms with van der Waals surface area (Å²) in [5, 5.41) is 14.2. The fraction of sp³-hybridized carbons (Fsp3) is 0.143. The highest BCUT2D eigenvalue weighted by atomic mass is 19.1. The second-order valence-electron chi connectivity index (χ2n) is 6.69. The molecule has 0 aliphatic carbocycles. The number of carbonyl (C=O) groups excluding carboxylic acids is 1. The molecule has 152 valence electrons. The summed E-state index contributed by atoms with van der Waals surface area (Å²) in [5.41, 5.74) is 1.48. The first kappa shape index (κ1) is 19.3. The molecule has 30 heavy (non-hydrogen) atoms. The lowest BCUT2D eigenvalue weighted by Gasteiger charge is -2.26. The van der Waals surface area contributed by atoms with Crippen LogP contribution in [0.25, 0.3) is 0 Å². The van der Waals surface area contributed by atoms with Gasteiger partial charge in [-0.1, -0.05) is 12.1 Å². The molecular formula is C21H17FN4O4. The van der Waals surface area contributed by atoms with E-state index < -0.39 is 22.6 Å². The van der Waals surface area contributed by atoms with Gasteiger partial charge in [0.1, 0.15) is 11.9 Å². The number of nitrogens with one attached hydrogen (secondary N) is 1. The van der Waals surface area contributed by atoms with Crippen molar-refractivity contribution in [3.05, 3.63) is 93.5 Å². The van der Waals surface area contributed by atoms with Gasteiger partial charge < -0.3 is 15.0 Å². The summed E-state index contributed by atoms with van der Waals surface area (Å²) in [6.45, 7) is 0.278. The normalized spacial score (nSPS) is 15.1. The third-order valence-corrected chi connectivity index (χ3v) is 4.86. The molecule has 1 N–H and O–H groups in total. The van der Waals surface area contributed by atoms with Gasteiger partial charge in [-0.25, -0.2) is 0 Å². The number of methoxy groups -OCH3 is 1. The Kier molecular flexibility index (Phi) is 5.01. The molecule has 1 aliphatic rings. The largest absolute Gasteiger partial charge is 0.497 e. The quantitative estimate of drug-likeness (QED) is 0.491. The monoisotopic (exact) mass is 408 g/mol. The molecule has 0 radical (unpaired) electrons. The third kappa shape index (κ3) is 3.52. The number of pyridine rings is 1. The minimum Gasteiger partial charge on any atom is -0.497 e. The molecule has 3 aromatic rings. The number of nitrogens with zero attached hydrogens (tertiary/aromatic N) is 3. The molecule has 1 atom stereocenters. The molecule has 1 aromatic heterocycles. The third-order valence-electron chi connectivity index (χ3n) is 4.86. The van der Waals surface area contributed by atoms with Crippen molar-refractivity contribution < 1.29 is 18.8 Å². The molecule has 0 fully saturated rings. The maximum atomic E-state index is 13.7. The van der Waals surface area contributed by atoms with Gasteiger partial charge in [0.25, 0.3) is 5.91 Å². The van der Waals surface area contributed by atoms with Crippen LogP contribution in [0, 0.1) is 15.9 Å². The number of rotatable bonds is 6. The zero-order valence-electron chi connectivity index (χ0n) is 15.9. The predicted molar refractivity (Wildman–Crippen MR) is 107 cm³/mol. The minimum absolute atomic E-state index is 0.219. The average molecular weight is 408 g/mol. The van der Waals surface area contributed by atoms with Crippen molar-refractivity contribution >= 4 is 17.3 Å². The topological polar surface area (TPSA) is 97.6 Å². The van der Waals surface area contributed by atoms with Gasteiger partial charge in [-0.3, -0.25) is 19.9 Å².